The minimum Gasteiger partial charge on any atom is -0.355 e. The van der Waals surface area contributed by atoms with Crippen molar-refractivity contribution in [1.82, 2.24) is 15.3 Å². The molecule has 1 aromatic heterocycles. The van der Waals surface area contributed by atoms with E-state index in [0.29, 0.717) is 17.6 Å². The van der Waals surface area contributed by atoms with E-state index in [9.17, 15) is 5.26 Å². The van der Waals surface area contributed by atoms with Crippen LogP contribution in [0, 0.1) is 18.3 Å². The Morgan fingerprint density at radius 1 is 1.25 bits per heavy atom. The van der Waals surface area contributed by atoms with Gasteiger partial charge < -0.3 is 15.5 Å². The van der Waals surface area contributed by atoms with E-state index in [-0.39, 0.29) is 0 Å². The maximum Gasteiger partial charge on any atom is 0.229 e. The molecule has 1 aliphatic heterocycles. The predicted octanol–water partition coefficient (Wildman–Crippen LogP) is 3.93. The summed E-state index contributed by atoms with van der Waals surface area (Å²) in [5, 5.41) is 16.2. The Kier molecular flexibility index (Phi) is 6.83. The van der Waals surface area contributed by atoms with Crippen molar-refractivity contribution < 1.29 is 0 Å². The van der Waals surface area contributed by atoms with Crippen molar-refractivity contribution in [2.24, 2.45) is 0 Å². The molecular formula is C22H30N6. The molecule has 0 aliphatic carbocycles. The summed E-state index contributed by atoms with van der Waals surface area (Å²) in [5.74, 6) is 1.58. The number of likely N-dealkylation sites (N-methyl/N-ethyl adjacent to an activating group) is 1. The average molecular weight is 379 g/mol. The first kappa shape index (κ1) is 20.1. The maximum atomic E-state index is 9.28. The number of benzene rings is 1. The molecule has 0 saturated carbocycles. The van der Waals surface area contributed by atoms with Crippen LogP contribution in [0.5, 0.6) is 0 Å². The molecule has 1 aliphatic rings. The van der Waals surface area contributed by atoms with Gasteiger partial charge in [0.1, 0.15) is 5.82 Å². The molecule has 1 atom stereocenters. The van der Waals surface area contributed by atoms with Crippen LogP contribution in [-0.2, 0) is 6.42 Å². The van der Waals surface area contributed by atoms with Crippen molar-refractivity contribution in [3.05, 3.63) is 41.1 Å². The Morgan fingerprint density at radius 2 is 2.11 bits per heavy atom. The number of piperidine rings is 1. The minimum atomic E-state index is 0.509. The van der Waals surface area contributed by atoms with Crippen molar-refractivity contribution in [1.29, 1.82) is 5.26 Å². The first-order valence-corrected chi connectivity index (χ1v) is 10.3. The molecule has 0 spiro atoms. The van der Waals surface area contributed by atoms with Crippen LogP contribution in [0.15, 0.2) is 24.3 Å². The van der Waals surface area contributed by atoms with Crippen molar-refractivity contribution in [3.63, 3.8) is 0 Å². The third-order valence-corrected chi connectivity index (χ3v) is 5.12. The molecule has 1 fully saturated rings. The lowest BCUT2D eigenvalue weighted by atomic mass is 10.1. The monoisotopic (exact) mass is 378 g/mol. The van der Waals surface area contributed by atoms with Crippen LogP contribution >= 0.6 is 0 Å². The Bertz CT molecular complexity index is 839. The zero-order valence-corrected chi connectivity index (χ0v) is 17.1. The van der Waals surface area contributed by atoms with E-state index in [0.717, 1.165) is 61.7 Å². The van der Waals surface area contributed by atoms with Gasteiger partial charge in [0.2, 0.25) is 5.95 Å². The molecule has 0 radical (unpaired) electrons. The van der Waals surface area contributed by atoms with Crippen LogP contribution in [-0.4, -0.2) is 35.6 Å². The summed E-state index contributed by atoms with van der Waals surface area (Å²) in [7, 11) is 0. The topological polar surface area (TPSA) is 76.9 Å². The summed E-state index contributed by atoms with van der Waals surface area (Å²) in [6.07, 6.45) is 4.34. The summed E-state index contributed by atoms with van der Waals surface area (Å²) in [4.78, 5) is 11.9. The van der Waals surface area contributed by atoms with Gasteiger partial charge in [0.05, 0.1) is 11.6 Å². The SMILES string of the molecule is CCCc1cc(N2CCC[C@@H](NCC)C2)nc(Nc2ccc(C)c(C#N)c2)n1. The Hall–Kier alpha value is -2.65. The highest BCUT2D eigenvalue weighted by molar-refractivity contribution is 5.59. The number of rotatable bonds is 7. The summed E-state index contributed by atoms with van der Waals surface area (Å²) in [6, 6.07) is 10.6. The zero-order chi connectivity index (χ0) is 19.9. The number of nitrogens with one attached hydrogen (secondary N) is 2. The van der Waals surface area contributed by atoms with E-state index in [1.807, 2.05) is 25.1 Å². The Balaban J connectivity index is 1.86. The van der Waals surface area contributed by atoms with Crippen LogP contribution in [0.3, 0.4) is 0 Å². The number of aromatic nitrogens is 2. The third kappa shape index (κ3) is 4.99. The molecule has 6 nitrogen and oxygen atoms in total. The number of hydrogen-bond acceptors (Lipinski definition) is 6. The van der Waals surface area contributed by atoms with Crippen molar-refractivity contribution in [2.75, 3.05) is 29.9 Å². The fraction of sp³-hybridized carbons (Fsp3) is 0.500. The molecule has 1 aromatic carbocycles. The average Bonchev–Trinajstić information content (AvgIpc) is 2.70. The normalized spacial score (nSPS) is 16.6. The molecule has 0 bridgehead atoms. The van der Waals surface area contributed by atoms with Gasteiger partial charge in [-0.1, -0.05) is 26.3 Å². The fourth-order valence-corrected chi connectivity index (χ4v) is 3.68. The summed E-state index contributed by atoms with van der Waals surface area (Å²) < 4.78 is 0. The number of aryl methyl sites for hydroxylation is 2. The van der Waals surface area contributed by atoms with E-state index in [1.54, 1.807) is 0 Å². The number of nitriles is 1. The molecule has 2 N–H and O–H groups in total. The number of nitrogens with zero attached hydrogens (tertiary/aromatic N) is 4. The first-order chi connectivity index (χ1) is 13.6. The Morgan fingerprint density at radius 3 is 2.86 bits per heavy atom. The standard InChI is InChI=1S/C22H30N6/c1-4-7-18-13-21(28-11-6-8-20(15-28)24-5-2)27-22(25-18)26-19-10-9-16(3)17(12-19)14-23/h9-10,12-13,20,24H,4-8,11,15H2,1-3H3,(H,25,26,27)/t20-/m1/s1. The minimum absolute atomic E-state index is 0.509. The lowest BCUT2D eigenvalue weighted by Gasteiger charge is -2.34. The van der Waals surface area contributed by atoms with Gasteiger partial charge in [-0.3, -0.25) is 0 Å². The van der Waals surface area contributed by atoms with Gasteiger partial charge in [-0.2, -0.15) is 10.2 Å². The molecule has 2 heterocycles. The van der Waals surface area contributed by atoms with Gasteiger partial charge in [-0.25, -0.2) is 4.98 Å². The highest BCUT2D eigenvalue weighted by Crippen LogP contribution is 2.23. The molecule has 2 aromatic rings. The maximum absolute atomic E-state index is 9.28. The molecule has 3 rings (SSSR count). The summed E-state index contributed by atoms with van der Waals surface area (Å²) in [5.41, 5.74) is 3.52. The second kappa shape index (κ2) is 9.52. The second-order valence-corrected chi connectivity index (χ2v) is 7.40. The van der Waals surface area contributed by atoms with E-state index >= 15 is 0 Å². The zero-order valence-electron chi connectivity index (χ0n) is 17.1. The van der Waals surface area contributed by atoms with Gasteiger partial charge in [0.25, 0.3) is 0 Å². The van der Waals surface area contributed by atoms with Gasteiger partial charge in [0, 0.05) is 36.6 Å². The lowest BCUT2D eigenvalue weighted by Crippen LogP contribution is -2.46. The van der Waals surface area contributed by atoms with Crippen LogP contribution in [0.1, 0.15) is 49.9 Å². The van der Waals surface area contributed by atoms with Crippen LogP contribution in [0.4, 0.5) is 17.5 Å². The smallest absolute Gasteiger partial charge is 0.229 e. The van der Waals surface area contributed by atoms with Crippen LogP contribution < -0.4 is 15.5 Å². The lowest BCUT2D eigenvalue weighted by molar-refractivity contribution is 0.429. The quantitative estimate of drug-likeness (QED) is 0.760. The molecule has 1 saturated heterocycles. The van der Waals surface area contributed by atoms with Gasteiger partial charge >= 0.3 is 0 Å². The summed E-state index contributed by atoms with van der Waals surface area (Å²) in [6.45, 7) is 9.24. The van der Waals surface area contributed by atoms with Crippen molar-refractivity contribution in [2.45, 2.75) is 52.5 Å². The number of hydrogen-bond donors (Lipinski definition) is 2. The van der Waals surface area contributed by atoms with Gasteiger partial charge in [-0.15, -0.1) is 0 Å². The predicted molar refractivity (Wildman–Crippen MR) is 114 cm³/mol. The first-order valence-electron chi connectivity index (χ1n) is 10.3. The van der Waals surface area contributed by atoms with E-state index < -0.39 is 0 Å². The molecule has 0 unspecified atom stereocenters. The third-order valence-electron chi connectivity index (χ3n) is 5.12. The van der Waals surface area contributed by atoms with E-state index in [4.69, 9.17) is 9.97 Å². The molecule has 6 heteroatoms. The van der Waals surface area contributed by atoms with Gasteiger partial charge in [-0.05, 0) is 50.4 Å². The second-order valence-electron chi connectivity index (χ2n) is 7.40. The van der Waals surface area contributed by atoms with Crippen molar-refractivity contribution >= 4 is 17.5 Å². The molecular weight excluding hydrogens is 348 g/mol. The van der Waals surface area contributed by atoms with Crippen molar-refractivity contribution in [3.8, 4) is 6.07 Å². The molecule has 28 heavy (non-hydrogen) atoms. The molecule has 148 valence electrons. The van der Waals surface area contributed by atoms with E-state index in [2.05, 4.69) is 41.5 Å². The van der Waals surface area contributed by atoms with Crippen LogP contribution in [0.2, 0.25) is 0 Å². The van der Waals surface area contributed by atoms with Crippen LogP contribution in [0.25, 0.3) is 0 Å². The number of anilines is 3. The highest BCUT2D eigenvalue weighted by Gasteiger charge is 2.21. The largest absolute Gasteiger partial charge is 0.355 e. The molecule has 0 amide bonds. The Labute approximate surface area is 168 Å². The fourth-order valence-electron chi connectivity index (χ4n) is 3.68. The summed E-state index contributed by atoms with van der Waals surface area (Å²) >= 11 is 0. The van der Waals surface area contributed by atoms with E-state index in [1.165, 1.54) is 6.42 Å². The van der Waals surface area contributed by atoms with Gasteiger partial charge in [0.15, 0.2) is 0 Å². The highest BCUT2D eigenvalue weighted by atomic mass is 15.2.